The molecule has 0 atom stereocenters. The number of thiophene rings is 1. The summed E-state index contributed by atoms with van der Waals surface area (Å²) in [5.74, 6) is 0.854. The average Bonchev–Trinajstić information content (AvgIpc) is 3.01. The summed E-state index contributed by atoms with van der Waals surface area (Å²) in [6.07, 6.45) is 0. The Labute approximate surface area is 123 Å². The van der Waals surface area contributed by atoms with E-state index in [0.29, 0.717) is 0 Å². The molecule has 0 bridgehead atoms. The molecular weight excluding hydrogens is 300 g/mol. The van der Waals surface area contributed by atoms with E-state index in [1.54, 1.807) is 29.8 Å². The summed E-state index contributed by atoms with van der Waals surface area (Å²) < 4.78 is 7.14. The Balaban J connectivity index is 1.77. The summed E-state index contributed by atoms with van der Waals surface area (Å²) >= 11 is 9.11. The van der Waals surface area contributed by atoms with Crippen LogP contribution in [0.3, 0.4) is 0 Å². The summed E-state index contributed by atoms with van der Waals surface area (Å²) in [4.78, 5) is 5.73. The molecule has 0 amide bonds. The third-order valence-corrected chi connectivity index (χ3v) is 4.85. The van der Waals surface area contributed by atoms with Crippen molar-refractivity contribution < 1.29 is 4.74 Å². The van der Waals surface area contributed by atoms with Gasteiger partial charge in [0.15, 0.2) is 5.13 Å². The number of nitrogens with one attached hydrogen (secondary N) is 1. The third-order valence-electron chi connectivity index (χ3n) is 2.64. The van der Waals surface area contributed by atoms with Crippen molar-refractivity contribution >= 4 is 49.6 Å². The van der Waals surface area contributed by atoms with Crippen molar-refractivity contribution in [2.45, 2.75) is 6.54 Å². The first-order valence-corrected chi connectivity index (χ1v) is 7.68. The quantitative estimate of drug-likeness (QED) is 0.762. The van der Waals surface area contributed by atoms with Crippen LogP contribution in [0, 0.1) is 0 Å². The fraction of sp³-hybridized carbons (Fsp3) is 0.154. The predicted octanol–water partition coefficient (Wildman–Crippen LogP) is 4.63. The maximum atomic E-state index is 5.90. The van der Waals surface area contributed by atoms with E-state index in [-0.39, 0.29) is 0 Å². The van der Waals surface area contributed by atoms with Gasteiger partial charge in [-0.1, -0.05) is 22.9 Å². The minimum atomic E-state index is 0.744. The number of rotatable bonds is 4. The van der Waals surface area contributed by atoms with Crippen molar-refractivity contribution in [3.05, 3.63) is 39.5 Å². The Morgan fingerprint density at radius 2 is 2.16 bits per heavy atom. The van der Waals surface area contributed by atoms with Crippen molar-refractivity contribution in [3.8, 4) is 5.75 Å². The van der Waals surface area contributed by atoms with Gasteiger partial charge in [0, 0.05) is 4.88 Å². The van der Waals surface area contributed by atoms with Gasteiger partial charge in [-0.3, -0.25) is 0 Å². The molecule has 0 radical (unpaired) electrons. The summed E-state index contributed by atoms with van der Waals surface area (Å²) in [6.45, 7) is 0.744. The number of methoxy groups -OCH3 is 1. The molecule has 0 aliphatic carbocycles. The Morgan fingerprint density at radius 1 is 1.26 bits per heavy atom. The Bertz CT molecular complexity index is 708. The second-order valence-electron chi connectivity index (χ2n) is 3.91. The number of benzene rings is 1. The smallest absolute Gasteiger partial charge is 0.184 e. The largest absolute Gasteiger partial charge is 0.497 e. The highest BCUT2D eigenvalue weighted by molar-refractivity contribution is 7.22. The van der Waals surface area contributed by atoms with E-state index in [4.69, 9.17) is 16.3 Å². The van der Waals surface area contributed by atoms with Crippen molar-refractivity contribution in [3.63, 3.8) is 0 Å². The summed E-state index contributed by atoms with van der Waals surface area (Å²) in [5, 5.41) is 4.23. The first-order valence-electron chi connectivity index (χ1n) is 5.67. The van der Waals surface area contributed by atoms with Crippen LogP contribution in [0.25, 0.3) is 10.2 Å². The lowest BCUT2D eigenvalue weighted by atomic mass is 10.3. The normalized spacial score (nSPS) is 10.8. The van der Waals surface area contributed by atoms with Gasteiger partial charge < -0.3 is 10.1 Å². The van der Waals surface area contributed by atoms with Gasteiger partial charge in [-0.25, -0.2) is 4.98 Å². The molecule has 3 rings (SSSR count). The van der Waals surface area contributed by atoms with Gasteiger partial charge in [-0.05, 0) is 30.3 Å². The van der Waals surface area contributed by atoms with Crippen LogP contribution in [0.2, 0.25) is 4.34 Å². The molecule has 6 heteroatoms. The predicted molar refractivity (Wildman–Crippen MR) is 82.8 cm³/mol. The van der Waals surface area contributed by atoms with Crippen molar-refractivity contribution in [1.82, 2.24) is 4.98 Å². The lowest BCUT2D eigenvalue weighted by molar-refractivity contribution is 0.415. The monoisotopic (exact) mass is 310 g/mol. The zero-order valence-electron chi connectivity index (χ0n) is 10.1. The topological polar surface area (TPSA) is 34.1 Å². The lowest BCUT2D eigenvalue weighted by Crippen LogP contribution is -1.95. The standard InChI is InChI=1S/C13H11ClN2OS2/c1-17-8-2-4-10-11(6-8)19-13(16-10)15-7-9-3-5-12(14)18-9/h2-6H,7H2,1H3,(H,15,16). The number of halogens is 1. The molecule has 0 unspecified atom stereocenters. The number of nitrogens with zero attached hydrogens (tertiary/aromatic N) is 1. The van der Waals surface area contributed by atoms with E-state index in [2.05, 4.69) is 10.3 Å². The van der Waals surface area contributed by atoms with Gasteiger partial charge in [-0.15, -0.1) is 11.3 Å². The zero-order valence-corrected chi connectivity index (χ0v) is 12.5. The molecular formula is C13H11ClN2OS2. The summed E-state index contributed by atoms with van der Waals surface area (Å²) in [7, 11) is 1.67. The maximum Gasteiger partial charge on any atom is 0.184 e. The van der Waals surface area contributed by atoms with E-state index in [0.717, 1.165) is 32.0 Å². The van der Waals surface area contributed by atoms with Crippen LogP contribution in [0.15, 0.2) is 30.3 Å². The van der Waals surface area contributed by atoms with E-state index < -0.39 is 0 Å². The molecule has 0 fully saturated rings. The van der Waals surface area contributed by atoms with E-state index in [1.165, 1.54) is 4.88 Å². The van der Waals surface area contributed by atoms with Crippen LogP contribution in [-0.4, -0.2) is 12.1 Å². The fourth-order valence-electron chi connectivity index (χ4n) is 1.72. The summed E-state index contributed by atoms with van der Waals surface area (Å²) in [6, 6.07) is 9.83. The number of ether oxygens (including phenoxy) is 1. The second-order valence-corrected chi connectivity index (χ2v) is 6.74. The van der Waals surface area contributed by atoms with Crippen LogP contribution in [-0.2, 0) is 6.54 Å². The number of thiazole rings is 1. The van der Waals surface area contributed by atoms with E-state index >= 15 is 0 Å². The minimum absolute atomic E-state index is 0.744. The fourth-order valence-corrected chi connectivity index (χ4v) is 3.63. The SMILES string of the molecule is COc1ccc2nc(NCc3ccc(Cl)s3)sc2c1. The molecule has 1 aromatic carbocycles. The molecule has 0 aliphatic heterocycles. The van der Waals surface area contributed by atoms with Gasteiger partial charge in [-0.2, -0.15) is 0 Å². The highest BCUT2D eigenvalue weighted by Crippen LogP contribution is 2.30. The molecule has 0 spiro atoms. The van der Waals surface area contributed by atoms with E-state index in [1.807, 2.05) is 30.3 Å². The zero-order chi connectivity index (χ0) is 13.2. The van der Waals surface area contributed by atoms with Gasteiger partial charge in [0.1, 0.15) is 5.75 Å². The van der Waals surface area contributed by atoms with Crippen molar-refractivity contribution in [2.24, 2.45) is 0 Å². The van der Waals surface area contributed by atoms with Gasteiger partial charge in [0.05, 0.1) is 28.2 Å². The maximum absolute atomic E-state index is 5.90. The molecule has 2 aromatic heterocycles. The van der Waals surface area contributed by atoms with Crippen LogP contribution in [0.1, 0.15) is 4.88 Å². The minimum Gasteiger partial charge on any atom is -0.497 e. The number of aromatic nitrogens is 1. The molecule has 19 heavy (non-hydrogen) atoms. The number of hydrogen-bond donors (Lipinski definition) is 1. The Hall–Kier alpha value is -1.30. The molecule has 3 nitrogen and oxygen atoms in total. The first kappa shape index (κ1) is 12.7. The first-order chi connectivity index (χ1) is 9.24. The Kier molecular flexibility index (Phi) is 3.59. The van der Waals surface area contributed by atoms with E-state index in [9.17, 15) is 0 Å². The van der Waals surface area contributed by atoms with Crippen molar-refractivity contribution in [2.75, 3.05) is 12.4 Å². The van der Waals surface area contributed by atoms with Gasteiger partial charge in [0.2, 0.25) is 0 Å². The number of fused-ring (bicyclic) bond motifs is 1. The number of hydrogen-bond acceptors (Lipinski definition) is 5. The van der Waals surface area contributed by atoms with Gasteiger partial charge >= 0.3 is 0 Å². The third kappa shape index (κ3) is 2.83. The Morgan fingerprint density at radius 3 is 2.89 bits per heavy atom. The van der Waals surface area contributed by atoms with Crippen LogP contribution >= 0.6 is 34.3 Å². The molecule has 0 aliphatic rings. The molecule has 1 N–H and O–H groups in total. The molecule has 3 aromatic rings. The van der Waals surface area contributed by atoms with Crippen LogP contribution < -0.4 is 10.1 Å². The van der Waals surface area contributed by atoms with Crippen molar-refractivity contribution in [1.29, 1.82) is 0 Å². The van der Waals surface area contributed by atoms with Crippen LogP contribution in [0.4, 0.5) is 5.13 Å². The lowest BCUT2D eigenvalue weighted by Gasteiger charge is -1.98. The highest BCUT2D eigenvalue weighted by atomic mass is 35.5. The average molecular weight is 311 g/mol. The van der Waals surface area contributed by atoms with Crippen LogP contribution in [0.5, 0.6) is 5.75 Å². The number of anilines is 1. The highest BCUT2D eigenvalue weighted by Gasteiger charge is 2.05. The molecule has 98 valence electrons. The molecule has 0 saturated heterocycles. The molecule has 2 heterocycles. The van der Waals surface area contributed by atoms with Gasteiger partial charge in [0.25, 0.3) is 0 Å². The molecule has 0 saturated carbocycles. The second kappa shape index (κ2) is 5.36. The summed E-state index contributed by atoms with van der Waals surface area (Å²) in [5.41, 5.74) is 0.984.